The smallest absolute Gasteiger partial charge is 0.162 e. The molecule has 2 heterocycles. The molecule has 3 atom stereocenters. The highest BCUT2D eigenvalue weighted by atomic mass is 32.2. The lowest BCUT2D eigenvalue weighted by atomic mass is 9.86. The van der Waals surface area contributed by atoms with Gasteiger partial charge in [0.15, 0.2) is 5.17 Å². The highest BCUT2D eigenvalue weighted by Crippen LogP contribution is 2.52. The molecule has 0 saturated heterocycles. The lowest BCUT2D eigenvalue weighted by Gasteiger charge is -2.39. The minimum absolute atomic E-state index is 0.104. The number of thioether (sulfide) groups is 1. The van der Waals surface area contributed by atoms with Crippen LogP contribution in [0, 0.1) is 5.92 Å². The van der Waals surface area contributed by atoms with Crippen molar-refractivity contribution in [2.24, 2.45) is 10.9 Å². The van der Waals surface area contributed by atoms with Crippen molar-refractivity contribution >= 4 is 22.6 Å². The van der Waals surface area contributed by atoms with E-state index in [9.17, 15) is 0 Å². The van der Waals surface area contributed by atoms with Crippen molar-refractivity contribution in [2.75, 3.05) is 11.9 Å². The first-order chi connectivity index (χ1) is 13.4. The van der Waals surface area contributed by atoms with Crippen molar-refractivity contribution in [1.82, 2.24) is 0 Å². The summed E-state index contributed by atoms with van der Waals surface area (Å²) < 4.78 is 6.10. The van der Waals surface area contributed by atoms with Gasteiger partial charge in [-0.2, -0.15) is 0 Å². The quantitative estimate of drug-likeness (QED) is 0.627. The van der Waals surface area contributed by atoms with Crippen LogP contribution in [0.1, 0.15) is 22.4 Å². The van der Waals surface area contributed by atoms with E-state index >= 15 is 0 Å². The van der Waals surface area contributed by atoms with Gasteiger partial charge in [-0.3, -0.25) is 4.99 Å². The summed E-state index contributed by atoms with van der Waals surface area (Å²) in [4.78, 5) is 5.10. The summed E-state index contributed by atoms with van der Waals surface area (Å²) in [5, 5.41) is 4.78. The van der Waals surface area contributed by atoms with E-state index in [1.165, 1.54) is 11.1 Å². The zero-order valence-corrected chi connectivity index (χ0v) is 15.6. The molecule has 2 aliphatic rings. The minimum atomic E-state index is 0.104. The first kappa shape index (κ1) is 16.5. The SMILES string of the molecule is c1ccc(NC2=N[C@H]3c4ccccc4OC[C@@H]3[C@@H](c3ccccc3)S2)cc1. The molecule has 27 heavy (non-hydrogen) atoms. The highest BCUT2D eigenvalue weighted by Gasteiger charge is 2.41. The molecule has 0 aromatic heterocycles. The van der Waals surface area contributed by atoms with Crippen molar-refractivity contribution < 1.29 is 4.74 Å². The van der Waals surface area contributed by atoms with Gasteiger partial charge in [-0.05, 0) is 23.8 Å². The van der Waals surface area contributed by atoms with Crippen molar-refractivity contribution in [3.8, 4) is 5.75 Å². The summed E-state index contributed by atoms with van der Waals surface area (Å²) in [5.74, 6) is 1.27. The van der Waals surface area contributed by atoms with E-state index in [1.807, 2.05) is 30.3 Å². The van der Waals surface area contributed by atoms with Gasteiger partial charge in [-0.1, -0.05) is 78.5 Å². The number of aliphatic imine (C=N–C) groups is 1. The molecule has 0 radical (unpaired) electrons. The number of benzene rings is 3. The normalized spacial score (nSPS) is 23.4. The zero-order valence-electron chi connectivity index (χ0n) is 14.8. The summed E-state index contributed by atoms with van der Waals surface area (Å²) in [7, 11) is 0. The molecule has 0 amide bonds. The van der Waals surface area contributed by atoms with Crippen LogP contribution in [0.2, 0.25) is 0 Å². The molecular formula is C23H20N2OS. The highest BCUT2D eigenvalue weighted by molar-refractivity contribution is 8.14. The van der Waals surface area contributed by atoms with Gasteiger partial charge in [0, 0.05) is 22.4 Å². The van der Waals surface area contributed by atoms with Crippen LogP contribution in [-0.2, 0) is 0 Å². The number of amidine groups is 1. The molecule has 0 aliphatic carbocycles. The second kappa shape index (κ2) is 7.12. The van der Waals surface area contributed by atoms with E-state index in [2.05, 4.69) is 59.9 Å². The fraction of sp³-hybridized carbons (Fsp3) is 0.174. The molecule has 1 N–H and O–H groups in total. The standard InChI is InChI=1S/C23H20N2OS/c1-3-9-16(10-4-1)22-19-15-26-20-14-8-7-13-18(20)21(19)25-23(27-22)24-17-11-5-2-6-12-17/h1-14,19,21-22H,15H2,(H,24,25)/t19-,21-,22+/m0/s1. The Morgan fingerprint density at radius 1 is 0.852 bits per heavy atom. The minimum Gasteiger partial charge on any atom is -0.493 e. The third-order valence-electron chi connectivity index (χ3n) is 5.11. The number of hydrogen-bond donors (Lipinski definition) is 1. The van der Waals surface area contributed by atoms with Crippen LogP contribution >= 0.6 is 11.8 Å². The predicted octanol–water partition coefficient (Wildman–Crippen LogP) is 5.69. The molecule has 0 saturated carbocycles. The number of hydrogen-bond acceptors (Lipinski definition) is 4. The van der Waals surface area contributed by atoms with Crippen LogP contribution in [0.3, 0.4) is 0 Å². The van der Waals surface area contributed by atoms with E-state index in [1.54, 1.807) is 11.8 Å². The molecule has 3 aromatic rings. The van der Waals surface area contributed by atoms with Crippen molar-refractivity contribution in [3.05, 3.63) is 96.1 Å². The van der Waals surface area contributed by atoms with Gasteiger partial charge in [0.25, 0.3) is 0 Å². The monoisotopic (exact) mass is 372 g/mol. The molecule has 4 heteroatoms. The lowest BCUT2D eigenvalue weighted by Crippen LogP contribution is -2.34. The fourth-order valence-corrected chi connectivity index (χ4v) is 5.10. The topological polar surface area (TPSA) is 33.6 Å². The Labute approximate surface area is 163 Å². The van der Waals surface area contributed by atoms with E-state index in [0.29, 0.717) is 17.8 Å². The van der Waals surface area contributed by atoms with Crippen LogP contribution in [0.5, 0.6) is 5.75 Å². The summed E-state index contributed by atoms with van der Waals surface area (Å²) in [6.07, 6.45) is 0. The molecule has 2 aliphatic heterocycles. The Hall–Kier alpha value is -2.72. The molecule has 0 unspecified atom stereocenters. The predicted molar refractivity (Wildman–Crippen MR) is 112 cm³/mol. The summed E-state index contributed by atoms with van der Waals surface area (Å²) in [5.41, 5.74) is 3.57. The Balaban J connectivity index is 1.56. The van der Waals surface area contributed by atoms with Gasteiger partial charge in [0.1, 0.15) is 5.75 Å². The van der Waals surface area contributed by atoms with Gasteiger partial charge in [0.05, 0.1) is 12.6 Å². The van der Waals surface area contributed by atoms with Gasteiger partial charge in [0.2, 0.25) is 0 Å². The molecule has 3 aromatic carbocycles. The number of fused-ring (bicyclic) bond motifs is 3. The van der Waals surface area contributed by atoms with E-state index < -0.39 is 0 Å². The molecule has 0 fully saturated rings. The van der Waals surface area contributed by atoms with Crippen molar-refractivity contribution in [1.29, 1.82) is 0 Å². The van der Waals surface area contributed by atoms with Crippen molar-refractivity contribution in [2.45, 2.75) is 11.3 Å². The van der Waals surface area contributed by atoms with Crippen LogP contribution < -0.4 is 10.1 Å². The summed E-state index contributed by atoms with van der Waals surface area (Å²) in [6, 6.07) is 29.4. The summed E-state index contributed by atoms with van der Waals surface area (Å²) in [6.45, 7) is 0.691. The number of para-hydroxylation sites is 2. The number of anilines is 1. The Bertz CT molecular complexity index is 958. The van der Waals surface area contributed by atoms with Crippen LogP contribution in [0.25, 0.3) is 0 Å². The average molecular weight is 372 g/mol. The lowest BCUT2D eigenvalue weighted by molar-refractivity contribution is 0.191. The Morgan fingerprint density at radius 3 is 2.37 bits per heavy atom. The van der Waals surface area contributed by atoms with E-state index in [-0.39, 0.29) is 6.04 Å². The number of ether oxygens (including phenoxy) is 1. The number of nitrogens with one attached hydrogen (secondary N) is 1. The molecule has 3 nitrogen and oxygen atoms in total. The Kier molecular flexibility index (Phi) is 4.34. The largest absolute Gasteiger partial charge is 0.493 e. The maximum atomic E-state index is 6.10. The molecule has 0 bridgehead atoms. The van der Waals surface area contributed by atoms with Gasteiger partial charge < -0.3 is 10.1 Å². The third-order valence-corrected chi connectivity index (χ3v) is 6.42. The first-order valence-electron chi connectivity index (χ1n) is 9.22. The van der Waals surface area contributed by atoms with Crippen LogP contribution in [0.4, 0.5) is 5.69 Å². The summed E-state index contributed by atoms with van der Waals surface area (Å²) >= 11 is 1.80. The molecular weight excluding hydrogens is 352 g/mol. The van der Waals surface area contributed by atoms with Crippen LogP contribution in [0.15, 0.2) is 89.9 Å². The van der Waals surface area contributed by atoms with E-state index in [4.69, 9.17) is 9.73 Å². The first-order valence-corrected chi connectivity index (χ1v) is 10.1. The van der Waals surface area contributed by atoms with E-state index in [0.717, 1.165) is 16.6 Å². The maximum Gasteiger partial charge on any atom is 0.162 e. The fourth-order valence-electron chi connectivity index (χ4n) is 3.81. The van der Waals surface area contributed by atoms with Crippen molar-refractivity contribution in [3.63, 3.8) is 0 Å². The number of rotatable bonds is 2. The second-order valence-corrected chi connectivity index (χ2v) is 7.96. The Morgan fingerprint density at radius 2 is 1.56 bits per heavy atom. The second-order valence-electron chi connectivity index (χ2n) is 6.83. The molecule has 134 valence electrons. The average Bonchev–Trinajstić information content (AvgIpc) is 2.74. The third kappa shape index (κ3) is 3.21. The van der Waals surface area contributed by atoms with Gasteiger partial charge >= 0.3 is 0 Å². The molecule has 0 spiro atoms. The van der Waals surface area contributed by atoms with Crippen LogP contribution in [-0.4, -0.2) is 11.8 Å². The number of nitrogens with zero attached hydrogens (tertiary/aromatic N) is 1. The maximum absolute atomic E-state index is 6.10. The molecule has 5 rings (SSSR count). The van der Waals surface area contributed by atoms with Gasteiger partial charge in [-0.25, -0.2) is 0 Å². The zero-order chi connectivity index (χ0) is 18.1. The van der Waals surface area contributed by atoms with Gasteiger partial charge in [-0.15, -0.1) is 0 Å².